The second-order valence-electron chi connectivity index (χ2n) is 6.01. The highest BCUT2D eigenvalue weighted by molar-refractivity contribution is 7.98. The van der Waals surface area contributed by atoms with Crippen LogP contribution in [0, 0.1) is 11.3 Å². The molecule has 6 nitrogen and oxygen atoms in total. The van der Waals surface area contributed by atoms with Gasteiger partial charge in [0, 0.05) is 22.0 Å². The lowest BCUT2D eigenvalue weighted by atomic mass is 10.1. The number of hydrogen-bond acceptors (Lipinski definition) is 6. The molecule has 0 bridgehead atoms. The Morgan fingerprint density at radius 1 is 1.21 bits per heavy atom. The number of hydrogen-bond donors (Lipinski definition) is 1. The minimum atomic E-state index is -0.440. The van der Waals surface area contributed by atoms with Gasteiger partial charge in [-0.3, -0.25) is 19.3 Å². The fourth-order valence-electron chi connectivity index (χ4n) is 3.04. The van der Waals surface area contributed by atoms with Crippen molar-refractivity contribution in [2.75, 3.05) is 11.6 Å². The normalized spacial score (nSPS) is 10.6. The molecular formula is C21H14N4O2S2. The van der Waals surface area contributed by atoms with Gasteiger partial charge in [-0.2, -0.15) is 5.26 Å². The smallest absolute Gasteiger partial charge is 0.274 e. The van der Waals surface area contributed by atoms with Crippen LogP contribution in [0.25, 0.3) is 16.8 Å². The number of carbonyl (C=O) groups excluding carboxylic acids is 1. The number of anilines is 1. The average Bonchev–Trinajstić information content (AvgIpc) is 3.22. The molecule has 1 amide bonds. The number of nitriles is 1. The first kappa shape index (κ1) is 18.9. The molecular weight excluding hydrogens is 404 g/mol. The minimum Gasteiger partial charge on any atom is -0.298 e. The molecule has 0 spiro atoms. The predicted octanol–water partition coefficient (Wildman–Crippen LogP) is 4.27. The lowest BCUT2D eigenvalue weighted by Gasteiger charge is -2.13. The zero-order chi connectivity index (χ0) is 20.4. The summed E-state index contributed by atoms with van der Waals surface area (Å²) < 4.78 is 1.32. The van der Waals surface area contributed by atoms with E-state index in [1.807, 2.05) is 41.8 Å². The Morgan fingerprint density at radius 2 is 1.97 bits per heavy atom. The van der Waals surface area contributed by atoms with E-state index >= 15 is 0 Å². The van der Waals surface area contributed by atoms with Gasteiger partial charge in [-0.1, -0.05) is 36.4 Å². The fraction of sp³-hybridized carbons (Fsp3) is 0.0476. The maximum Gasteiger partial charge on any atom is 0.274 e. The van der Waals surface area contributed by atoms with Gasteiger partial charge >= 0.3 is 0 Å². The summed E-state index contributed by atoms with van der Waals surface area (Å²) in [4.78, 5) is 30.6. The van der Waals surface area contributed by atoms with E-state index in [1.54, 1.807) is 30.7 Å². The Balaban J connectivity index is 1.78. The third-order valence-corrected chi connectivity index (χ3v) is 5.91. The number of pyridine rings is 2. The summed E-state index contributed by atoms with van der Waals surface area (Å²) in [6, 6.07) is 16.7. The number of benzene rings is 1. The van der Waals surface area contributed by atoms with Crippen molar-refractivity contribution in [1.29, 1.82) is 5.26 Å². The predicted molar refractivity (Wildman–Crippen MR) is 116 cm³/mol. The van der Waals surface area contributed by atoms with E-state index in [-0.39, 0.29) is 11.1 Å². The van der Waals surface area contributed by atoms with E-state index in [1.165, 1.54) is 27.5 Å². The number of rotatable bonds is 4. The molecule has 4 aromatic rings. The molecule has 1 aromatic carbocycles. The average molecular weight is 419 g/mol. The maximum absolute atomic E-state index is 13.2. The number of fused-ring (bicyclic) bond motifs is 1. The van der Waals surface area contributed by atoms with E-state index in [2.05, 4.69) is 10.3 Å². The summed E-state index contributed by atoms with van der Waals surface area (Å²) in [5.74, 6) is -0.413. The van der Waals surface area contributed by atoms with Crippen LogP contribution in [-0.2, 0) is 0 Å². The van der Waals surface area contributed by atoms with Crippen molar-refractivity contribution >= 4 is 39.7 Å². The zero-order valence-electron chi connectivity index (χ0n) is 15.2. The van der Waals surface area contributed by atoms with E-state index < -0.39 is 11.5 Å². The molecule has 0 saturated carbocycles. The second-order valence-corrected chi connectivity index (χ2v) is 7.69. The van der Waals surface area contributed by atoms with E-state index in [4.69, 9.17) is 0 Å². The lowest BCUT2D eigenvalue weighted by Crippen LogP contribution is -2.24. The van der Waals surface area contributed by atoms with Crippen LogP contribution in [0.2, 0.25) is 0 Å². The van der Waals surface area contributed by atoms with Crippen molar-refractivity contribution in [3.05, 3.63) is 81.6 Å². The van der Waals surface area contributed by atoms with Gasteiger partial charge in [-0.25, -0.2) is 4.98 Å². The van der Waals surface area contributed by atoms with Gasteiger partial charge in [-0.05, 0) is 18.4 Å². The van der Waals surface area contributed by atoms with Crippen LogP contribution in [0.5, 0.6) is 0 Å². The number of thiazole rings is 1. The van der Waals surface area contributed by atoms with Crippen molar-refractivity contribution in [2.24, 2.45) is 0 Å². The molecule has 29 heavy (non-hydrogen) atoms. The Hall–Kier alpha value is -3.41. The van der Waals surface area contributed by atoms with Gasteiger partial charge in [0.25, 0.3) is 11.5 Å². The second kappa shape index (κ2) is 7.91. The first-order chi connectivity index (χ1) is 14.1. The molecule has 3 aromatic heterocycles. The van der Waals surface area contributed by atoms with E-state index in [9.17, 15) is 14.9 Å². The number of thioether (sulfide) groups is 1. The van der Waals surface area contributed by atoms with Crippen molar-refractivity contribution < 1.29 is 4.79 Å². The van der Waals surface area contributed by atoms with Crippen molar-refractivity contribution in [3.8, 4) is 17.3 Å². The van der Waals surface area contributed by atoms with Crippen LogP contribution in [0.3, 0.4) is 0 Å². The van der Waals surface area contributed by atoms with Gasteiger partial charge in [0.15, 0.2) is 5.13 Å². The van der Waals surface area contributed by atoms with E-state index in [0.717, 1.165) is 11.3 Å². The Labute approximate surface area is 174 Å². The molecule has 0 fully saturated rings. The summed E-state index contributed by atoms with van der Waals surface area (Å²) in [5, 5.41) is 14.6. The van der Waals surface area contributed by atoms with Crippen molar-refractivity contribution in [3.63, 3.8) is 0 Å². The standard InChI is InChI=1S/C21H14N4O2S2/c1-28-18-14(11-22)20(27)25-10-6-5-9-16(25)17(18)19(26)24-21-23-15(12-29-21)13-7-3-2-4-8-13/h2-10,12H,1H3,(H,23,24,26). The quantitative estimate of drug-likeness (QED) is 0.500. The molecule has 0 aliphatic rings. The lowest BCUT2D eigenvalue weighted by molar-refractivity contribution is 0.102. The monoisotopic (exact) mass is 418 g/mol. The van der Waals surface area contributed by atoms with Gasteiger partial charge in [0.05, 0.1) is 16.8 Å². The van der Waals surface area contributed by atoms with Gasteiger partial charge in [-0.15, -0.1) is 23.1 Å². The number of amides is 1. The Bertz CT molecular complexity index is 1320. The summed E-state index contributed by atoms with van der Waals surface area (Å²) in [7, 11) is 0. The molecule has 4 rings (SSSR count). The Kier molecular flexibility index (Phi) is 5.16. The highest BCUT2D eigenvalue weighted by atomic mass is 32.2. The minimum absolute atomic E-state index is 0.0459. The summed E-state index contributed by atoms with van der Waals surface area (Å²) >= 11 is 2.52. The third kappa shape index (κ3) is 3.42. The van der Waals surface area contributed by atoms with Gasteiger partial charge in [0.1, 0.15) is 11.6 Å². The summed E-state index contributed by atoms with van der Waals surface area (Å²) in [5.41, 5.74) is 1.96. The zero-order valence-corrected chi connectivity index (χ0v) is 16.9. The molecule has 142 valence electrons. The first-order valence-electron chi connectivity index (χ1n) is 8.57. The van der Waals surface area contributed by atoms with Crippen molar-refractivity contribution in [1.82, 2.24) is 9.38 Å². The SMILES string of the molecule is CSc1c(C#N)c(=O)n2ccccc2c1C(=O)Nc1nc(-c2ccccc2)cs1. The first-order valence-corrected chi connectivity index (χ1v) is 10.7. The molecule has 0 saturated heterocycles. The third-order valence-electron chi connectivity index (χ3n) is 4.34. The molecule has 0 atom stereocenters. The van der Waals surface area contributed by atoms with Crippen LogP contribution >= 0.6 is 23.1 Å². The van der Waals surface area contributed by atoms with E-state index in [0.29, 0.717) is 15.5 Å². The highest BCUT2D eigenvalue weighted by Crippen LogP contribution is 2.29. The number of nitrogens with zero attached hydrogens (tertiary/aromatic N) is 3. The maximum atomic E-state index is 13.2. The van der Waals surface area contributed by atoms with Crippen molar-refractivity contribution in [2.45, 2.75) is 4.90 Å². The molecule has 3 heterocycles. The largest absolute Gasteiger partial charge is 0.298 e. The molecule has 0 aliphatic heterocycles. The van der Waals surface area contributed by atoms with Crippen LogP contribution in [-0.4, -0.2) is 21.5 Å². The molecule has 1 N–H and O–H groups in total. The Morgan fingerprint density at radius 3 is 2.69 bits per heavy atom. The fourth-order valence-corrected chi connectivity index (χ4v) is 4.49. The molecule has 0 unspecified atom stereocenters. The highest BCUT2D eigenvalue weighted by Gasteiger charge is 2.23. The number of nitrogens with one attached hydrogen (secondary N) is 1. The molecule has 8 heteroatoms. The molecule has 0 radical (unpaired) electrons. The van der Waals surface area contributed by atoms with Crippen LogP contribution in [0.4, 0.5) is 5.13 Å². The van der Waals surface area contributed by atoms with Gasteiger partial charge < -0.3 is 0 Å². The number of aromatic nitrogens is 2. The van der Waals surface area contributed by atoms with Crippen LogP contribution in [0.1, 0.15) is 15.9 Å². The summed E-state index contributed by atoms with van der Waals surface area (Å²) in [6.07, 6.45) is 3.29. The number of carbonyl (C=O) groups is 1. The topological polar surface area (TPSA) is 87.3 Å². The van der Waals surface area contributed by atoms with Gasteiger partial charge in [0.2, 0.25) is 0 Å². The van der Waals surface area contributed by atoms with Crippen LogP contribution in [0.15, 0.2) is 69.8 Å². The molecule has 0 aliphatic carbocycles. The summed E-state index contributed by atoms with van der Waals surface area (Å²) in [6.45, 7) is 0. The van der Waals surface area contributed by atoms with Crippen LogP contribution < -0.4 is 10.9 Å².